The Labute approximate surface area is 151 Å². The Morgan fingerprint density at radius 3 is 2.50 bits per heavy atom. The summed E-state index contributed by atoms with van der Waals surface area (Å²) in [6, 6.07) is 9.18. The number of hydrogen-bond acceptors (Lipinski definition) is 5. The zero-order valence-electron chi connectivity index (χ0n) is 14.6. The average molecular weight is 352 g/mol. The van der Waals surface area contributed by atoms with Gasteiger partial charge in [0.1, 0.15) is 5.75 Å². The molecular weight excluding hydrogens is 332 g/mol. The third-order valence-corrected chi connectivity index (χ3v) is 4.38. The monoisotopic (exact) mass is 352 g/mol. The lowest BCUT2D eigenvalue weighted by atomic mass is 9.91. The van der Waals surface area contributed by atoms with Gasteiger partial charge in [0.15, 0.2) is 11.5 Å². The van der Waals surface area contributed by atoms with Gasteiger partial charge in [0.2, 0.25) is 0 Å². The zero-order valence-corrected chi connectivity index (χ0v) is 14.6. The van der Waals surface area contributed by atoms with Crippen LogP contribution < -0.4 is 0 Å². The van der Waals surface area contributed by atoms with Gasteiger partial charge in [-0.25, -0.2) is 0 Å². The number of aromatic hydroxyl groups is 1. The van der Waals surface area contributed by atoms with E-state index in [0.717, 1.165) is 5.56 Å². The van der Waals surface area contributed by atoms with Crippen molar-refractivity contribution in [3.63, 3.8) is 0 Å². The molecule has 0 spiro atoms. The molecule has 6 nitrogen and oxygen atoms in total. The van der Waals surface area contributed by atoms with Gasteiger partial charge in [-0.3, -0.25) is 14.6 Å². The van der Waals surface area contributed by atoms with Crippen LogP contribution in [0.25, 0.3) is 0 Å². The van der Waals surface area contributed by atoms with Crippen molar-refractivity contribution in [2.24, 2.45) is 5.92 Å². The van der Waals surface area contributed by atoms with E-state index in [1.807, 2.05) is 0 Å². The normalized spacial score (nSPS) is 17.3. The highest BCUT2D eigenvalue weighted by Crippen LogP contribution is 2.40. The fraction of sp³-hybridized carbons (Fsp3) is 0.250. The quantitative estimate of drug-likeness (QED) is 0.863. The van der Waals surface area contributed by atoms with Gasteiger partial charge in [0.25, 0.3) is 5.91 Å². The number of phenols is 1. The number of pyridine rings is 1. The number of ketones is 1. The third kappa shape index (κ3) is 3.18. The molecule has 2 aromatic rings. The molecule has 0 radical (unpaired) electrons. The lowest BCUT2D eigenvalue weighted by Crippen LogP contribution is -2.31. The highest BCUT2D eigenvalue weighted by Gasteiger charge is 2.43. The Morgan fingerprint density at radius 2 is 1.88 bits per heavy atom. The summed E-state index contributed by atoms with van der Waals surface area (Å²) in [7, 11) is 0. The van der Waals surface area contributed by atoms with Gasteiger partial charge in [-0.2, -0.15) is 0 Å². The molecule has 2 heterocycles. The van der Waals surface area contributed by atoms with Gasteiger partial charge in [0.05, 0.1) is 11.6 Å². The number of rotatable bonds is 5. The summed E-state index contributed by atoms with van der Waals surface area (Å²) in [6.07, 6.45) is 3.24. The van der Waals surface area contributed by atoms with Crippen molar-refractivity contribution in [3.8, 4) is 5.75 Å². The molecular formula is C20H20N2O4. The number of carbonyl (C=O) groups excluding carboxylic acids is 2. The fourth-order valence-electron chi connectivity index (χ4n) is 3.11. The third-order valence-electron chi connectivity index (χ3n) is 4.38. The predicted octanol–water partition coefficient (Wildman–Crippen LogP) is 2.91. The molecule has 0 aliphatic carbocycles. The summed E-state index contributed by atoms with van der Waals surface area (Å²) in [5, 5.41) is 20.3. The molecule has 1 unspecified atom stereocenters. The molecule has 0 saturated carbocycles. The Hall–Kier alpha value is -3.15. The number of Topliss-reactive ketones (excluding diaryl/α,β-unsaturated/α-hetero) is 1. The van der Waals surface area contributed by atoms with Crippen LogP contribution in [0.1, 0.15) is 31.0 Å². The largest absolute Gasteiger partial charge is 0.508 e. The standard InChI is InChI=1S/C20H20N2O4/c1-12(2)18(24)16-17(14-4-3-5-15(23)10-14)22(20(26)19(16)25)11-13-6-8-21-9-7-13/h3-10,12,17,23,25H,11H2,1-2H3. The number of carbonyl (C=O) groups is 2. The van der Waals surface area contributed by atoms with Crippen LogP contribution in [-0.2, 0) is 16.1 Å². The first-order valence-corrected chi connectivity index (χ1v) is 8.36. The number of aliphatic hydroxyl groups excluding tert-OH is 1. The van der Waals surface area contributed by atoms with E-state index in [1.165, 1.54) is 17.0 Å². The Kier molecular flexibility index (Phi) is 4.75. The van der Waals surface area contributed by atoms with E-state index in [2.05, 4.69) is 4.98 Å². The minimum Gasteiger partial charge on any atom is -0.508 e. The van der Waals surface area contributed by atoms with Crippen LogP contribution in [0.15, 0.2) is 60.1 Å². The highest BCUT2D eigenvalue weighted by atomic mass is 16.3. The fourth-order valence-corrected chi connectivity index (χ4v) is 3.11. The SMILES string of the molecule is CC(C)C(=O)C1=C(O)C(=O)N(Cc2ccncc2)C1c1cccc(O)c1. The van der Waals surface area contributed by atoms with Gasteiger partial charge in [0, 0.05) is 24.9 Å². The maximum absolute atomic E-state index is 12.7. The maximum atomic E-state index is 12.7. The second kappa shape index (κ2) is 7.00. The number of hydrogen-bond donors (Lipinski definition) is 2. The zero-order chi connectivity index (χ0) is 18.8. The number of aliphatic hydroxyl groups is 1. The minimum absolute atomic E-state index is 0.0292. The average Bonchev–Trinajstić information content (AvgIpc) is 2.87. The summed E-state index contributed by atoms with van der Waals surface area (Å²) in [6.45, 7) is 3.65. The molecule has 1 aliphatic rings. The van der Waals surface area contributed by atoms with E-state index in [-0.39, 0.29) is 29.6 Å². The van der Waals surface area contributed by atoms with Crippen molar-refractivity contribution >= 4 is 11.7 Å². The van der Waals surface area contributed by atoms with E-state index in [4.69, 9.17) is 0 Å². The lowest BCUT2D eigenvalue weighted by molar-refractivity contribution is -0.130. The molecule has 6 heteroatoms. The molecule has 3 rings (SSSR count). The second-order valence-electron chi connectivity index (χ2n) is 6.57. The Balaban J connectivity index is 2.09. The molecule has 134 valence electrons. The number of nitrogens with zero attached hydrogens (tertiary/aromatic N) is 2. The molecule has 1 atom stereocenters. The Bertz CT molecular complexity index is 874. The highest BCUT2D eigenvalue weighted by molar-refractivity contribution is 6.09. The van der Waals surface area contributed by atoms with Crippen LogP contribution >= 0.6 is 0 Å². The van der Waals surface area contributed by atoms with Crippen molar-refractivity contribution in [1.29, 1.82) is 0 Å². The molecule has 2 N–H and O–H groups in total. The van der Waals surface area contributed by atoms with E-state index >= 15 is 0 Å². The topological polar surface area (TPSA) is 90.7 Å². The van der Waals surface area contributed by atoms with Crippen molar-refractivity contribution in [2.75, 3.05) is 0 Å². The molecule has 0 bridgehead atoms. The van der Waals surface area contributed by atoms with Gasteiger partial charge >= 0.3 is 0 Å². The summed E-state index contributed by atoms with van der Waals surface area (Å²) < 4.78 is 0. The summed E-state index contributed by atoms with van der Waals surface area (Å²) >= 11 is 0. The molecule has 1 amide bonds. The van der Waals surface area contributed by atoms with Gasteiger partial charge in [-0.1, -0.05) is 26.0 Å². The second-order valence-corrected chi connectivity index (χ2v) is 6.57. The lowest BCUT2D eigenvalue weighted by Gasteiger charge is -2.27. The first kappa shape index (κ1) is 17.7. The molecule has 0 saturated heterocycles. The number of amides is 1. The van der Waals surface area contributed by atoms with Crippen LogP contribution in [0.2, 0.25) is 0 Å². The van der Waals surface area contributed by atoms with Crippen molar-refractivity contribution in [2.45, 2.75) is 26.4 Å². The van der Waals surface area contributed by atoms with Gasteiger partial charge < -0.3 is 15.1 Å². The summed E-state index contributed by atoms with van der Waals surface area (Å²) in [5.74, 6) is -1.76. The van der Waals surface area contributed by atoms with E-state index in [9.17, 15) is 19.8 Å². The predicted molar refractivity (Wildman–Crippen MR) is 95.1 cm³/mol. The molecule has 1 aromatic carbocycles. The van der Waals surface area contributed by atoms with Crippen molar-refractivity contribution < 1.29 is 19.8 Å². The van der Waals surface area contributed by atoms with Crippen molar-refractivity contribution in [1.82, 2.24) is 9.88 Å². The maximum Gasteiger partial charge on any atom is 0.290 e. The minimum atomic E-state index is -0.752. The van der Waals surface area contributed by atoms with Gasteiger partial charge in [-0.05, 0) is 35.4 Å². The summed E-state index contributed by atoms with van der Waals surface area (Å²) in [4.78, 5) is 30.8. The van der Waals surface area contributed by atoms with Crippen LogP contribution in [-0.4, -0.2) is 31.8 Å². The van der Waals surface area contributed by atoms with Crippen LogP contribution in [0, 0.1) is 5.92 Å². The Morgan fingerprint density at radius 1 is 1.19 bits per heavy atom. The smallest absolute Gasteiger partial charge is 0.290 e. The number of phenolic OH excluding ortho intramolecular Hbond substituents is 1. The van der Waals surface area contributed by atoms with Gasteiger partial charge in [-0.15, -0.1) is 0 Å². The molecule has 1 aromatic heterocycles. The van der Waals surface area contributed by atoms with E-state index in [1.54, 1.807) is 50.5 Å². The first-order chi connectivity index (χ1) is 12.4. The van der Waals surface area contributed by atoms with Crippen LogP contribution in [0.4, 0.5) is 0 Å². The summed E-state index contributed by atoms with van der Waals surface area (Å²) in [5.41, 5.74) is 1.47. The number of benzene rings is 1. The molecule has 26 heavy (non-hydrogen) atoms. The first-order valence-electron chi connectivity index (χ1n) is 8.36. The molecule has 0 fully saturated rings. The van der Waals surface area contributed by atoms with Crippen LogP contribution in [0.5, 0.6) is 5.75 Å². The van der Waals surface area contributed by atoms with E-state index in [0.29, 0.717) is 5.56 Å². The number of aromatic nitrogens is 1. The van der Waals surface area contributed by atoms with Crippen molar-refractivity contribution in [3.05, 3.63) is 71.3 Å². The molecule has 1 aliphatic heterocycles. The van der Waals surface area contributed by atoms with Crippen LogP contribution in [0.3, 0.4) is 0 Å². The van der Waals surface area contributed by atoms with E-state index < -0.39 is 17.7 Å².